The van der Waals surface area contributed by atoms with Gasteiger partial charge in [-0.2, -0.15) is 5.10 Å². The first-order chi connectivity index (χ1) is 8.81. The Morgan fingerprint density at radius 2 is 2.17 bits per heavy atom. The molecule has 1 aliphatic rings. The normalized spacial score (nSPS) is 18.3. The van der Waals surface area contributed by atoms with E-state index < -0.39 is 0 Å². The molecular weight excluding hydrogens is 226 g/mol. The molecule has 5 heteroatoms. The summed E-state index contributed by atoms with van der Waals surface area (Å²) in [6.45, 7) is 9.78. The van der Waals surface area contributed by atoms with Crippen LogP contribution < -0.4 is 5.32 Å². The third-order valence-corrected chi connectivity index (χ3v) is 3.62. The van der Waals surface area contributed by atoms with Crippen LogP contribution in [0.25, 0.3) is 0 Å². The molecule has 1 unspecified atom stereocenters. The van der Waals surface area contributed by atoms with Crippen LogP contribution in [0, 0.1) is 0 Å². The minimum atomic E-state index is 0.620. The molecule has 5 nitrogen and oxygen atoms in total. The van der Waals surface area contributed by atoms with E-state index in [1.807, 2.05) is 4.68 Å². The number of nitrogens with one attached hydrogen (secondary N) is 1. The second kappa shape index (κ2) is 6.85. The van der Waals surface area contributed by atoms with E-state index in [0.717, 1.165) is 31.9 Å². The Morgan fingerprint density at radius 3 is 2.89 bits per heavy atom. The summed E-state index contributed by atoms with van der Waals surface area (Å²) in [7, 11) is 0. The van der Waals surface area contributed by atoms with Gasteiger partial charge in [-0.15, -0.1) is 0 Å². The zero-order valence-electron chi connectivity index (χ0n) is 11.6. The maximum absolute atomic E-state index is 4.30. The van der Waals surface area contributed by atoms with Crippen molar-refractivity contribution in [1.29, 1.82) is 0 Å². The monoisotopic (exact) mass is 251 g/mol. The third-order valence-electron chi connectivity index (χ3n) is 3.62. The van der Waals surface area contributed by atoms with Crippen LogP contribution in [0.5, 0.6) is 0 Å². The Morgan fingerprint density at radius 1 is 1.39 bits per heavy atom. The van der Waals surface area contributed by atoms with Crippen LogP contribution in [0.2, 0.25) is 0 Å². The van der Waals surface area contributed by atoms with E-state index in [2.05, 4.69) is 34.1 Å². The minimum absolute atomic E-state index is 0.620. The van der Waals surface area contributed by atoms with Crippen molar-refractivity contribution in [2.45, 2.75) is 52.2 Å². The molecule has 18 heavy (non-hydrogen) atoms. The molecule has 1 atom stereocenters. The highest BCUT2D eigenvalue weighted by Gasteiger charge is 2.17. The first-order valence-electron chi connectivity index (χ1n) is 7.12. The van der Waals surface area contributed by atoms with Gasteiger partial charge in [0.25, 0.3) is 0 Å². The van der Waals surface area contributed by atoms with Crippen LogP contribution in [0.15, 0.2) is 6.33 Å². The Kier molecular flexibility index (Phi) is 5.13. The fraction of sp³-hybridized carbons (Fsp3) is 0.846. The lowest BCUT2D eigenvalue weighted by Crippen LogP contribution is -2.38. The van der Waals surface area contributed by atoms with Gasteiger partial charge in [-0.1, -0.05) is 6.92 Å². The number of hydrogen-bond donors (Lipinski definition) is 1. The van der Waals surface area contributed by atoms with Gasteiger partial charge in [-0.25, -0.2) is 9.67 Å². The van der Waals surface area contributed by atoms with Gasteiger partial charge >= 0.3 is 0 Å². The predicted octanol–water partition coefficient (Wildman–Crippen LogP) is 1.26. The van der Waals surface area contributed by atoms with Gasteiger partial charge in [0.1, 0.15) is 12.2 Å². The van der Waals surface area contributed by atoms with Crippen LogP contribution in [-0.2, 0) is 13.1 Å². The lowest BCUT2D eigenvalue weighted by Gasteiger charge is -2.23. The predicted molar refractivity (Wildman–Crippen MR) is 72.3 cm³/mol. The molecule has 1 N–H and O–H groups in total. The molecule has 0 aromatic carbocycles. The zero-order chi connectivity index (χ0) is 12.8. The fourth-order valence-corrected chi connectivity index (χ4v) is 2.53. The van der Waals surface area contributed by atoms with E-state index >= 15 is 0 Å². The van der Waals surface area contributed by atoms with Crippen molar-refractivity contribution < 1.29 is 0 Å². The SMILES string of the molecule is CCCn1ncnc1CNCC(C)N1CCCC1. The molecule has 102 valence electrons. The molecule has 0 aliphatic carbocycles. The fourth-order valence-electron chi connectivity index (χ4n) is 2.53. The number of nitrogens with zero attached hydrogens (tertiary/aromatic N) is 4. The topological polar surface area (TPSA) is 46.0 Å². The molecule has 1 aromatic rings. The maximum Gasteiger partial charge on any atom is 0.140 e. The van der Waals surface area contributed by atoms with E-state index in [9.17, 15) is 0 Å². The van der Waals surface area contributed by atoms with Gasteiger partial charge in [-0.05, 0) is 39.3 Å². The Labute approximate surface area is 110 Å². The number of hydrogen-bond acceptors (Lipinski definition) is 4. The summed E-state index contributed by atoms with van der Waals surface area (Å²) in [6, 6.07) is 0.620. The summed E-state index contributed by atoms with van der Waals surface area (Å²) >= 11 is 0. The van der Waals surface area contributed by atoms with Crippen molar-refractivity contribution in [2.24, 2.45) is 0 Å². The van der Waals surface area contributed by atoms with Gasteiger partial charge in [0, 0.05) is 19.1 Å². The Hall–Kier alpha value is -0.940. The van der Waals surface area contributed by atoms with Crippen LogP contribution in [-0.4, -0.2) is 45.3 Å². The molecule has 0 amide bonds. The van der Waals surface area contributed by atoms with Gasteiger partial charge in [-0.3, -0.25) is 4.90 Å². The molecule has 0 spiro atoms. The van der Waals surface area contributed by atoms with Crippen molar-refractivity contribution in [3.63, 3.8) is 0 Å². The van der Waals surface area contributed by atoms with Gasteiger partial charge in [0.05, 0.1) is 6.54 Å². The molecule has 0 radical (unpaired) electrons. The van der Waals surface area contributed by atoms with Crippen LogP contribution in [0.1, 0.15) is 38.9 Å². The highest BCUT2D eigenvalue weighted by molar-refractivity contribution is 4.84. The summed E-state index contributed by atoms with van der Waals surface area (Å²) < 4.78 is 1.99. The van der Waals surface area contributed by atoms with Crippen LogP contribution in [0.3, 0.4) is 0 Å². The largest absolute Gasteiger partial charge is 0.308 e. The smallest absolute Gasteiger partial charge is 0.140 e. The van der Waals surface area contributed by atoms with Crippen molar-refractivity contribution >= 4 is 0 Å². The number of rotatable bonds is 7. The van der Waals surface area contributed by atoms with Crippen molar-refractivity contribution in [3.05, 3.63) is 12.2 Å². The van der Waals surface area contributed by atoms with E-state index in [0.29, 0.717) is 6.04 Å². The molecular formula is C13H25N5. The summed E-state index contributed by atoms with van der Waals surface area (Å²) in [6.07, 6.45) is 5.46. The van der Waals surface area contributed by atoms with E-state index in [-0.39, 0.29) is 0 Å². The summed E-state index contributed by atoms with van der Waals surface area (Å²) in [5.41, 5.74) is 0. The molecule has 0 saturated carbocycles. The lowest BCUT2D eigenvalue weighted by molar-refractivity contribution is 0.251. The second-order valence-corrected chi connectivity index (χ2v) is 5.12. The van der Waals surface area contributed by atoms with Crippen LogP contribution >= 0.6 is 0 Å². The molecule has 2 heterocycles. The van der Waals surface area contributed by atoms with E-state index in [1.165, 1.54) is 25.9 Å². The van der Waals surface area contributed by atoms with Crippen molar-refractivity contribution in [3.8, 4) is 0 Å². The second-order valence-electron chi connectivity index (χ2n) is 5.12. The third kappa shape index (κ3) is 3.53. The average molecular weight is 251 g/mol. The summed E-state index contributed by atoms with van der Waals surface area (Å²) in [5.74, 6) is 1.05. The molecule has 1 aliphatic heterocycles. The molecule has 0 bridgehead atoms. The molecule has 1 saturated heterocycles. The van der Waals surface area contributed by atoms with Crippen LogP contribution in [0.4, 0.5) is 0 Å². The molecule has 1 fully saturated rings. The minimum Gasteiger partial charge on any atom is -0.308 e. The van der Waals surface area contributed by atoms with Gasteiger partial charge in [0.2, 0.25) is 0 Å². The van der Waals surface area contributed by atoms with Crippen molar-refractivity contribution in [2.75, 3.05) is 19.6 Å². The quantitative estimate of drug-likeness (QED) is 0.792. The Bertz CT molecular complexity index is 343. The number of likely N-dealkylation sites (tertiary alicyclic amines) is 1. The van der Waals surface area contributed by atoms with Gasteiger partial charge in [0.15, 0.2) is 0 Å². The Balaban J connectivity index is 1.72. The molecule has 2 rings (SSSR count). The maximum atomic E-state index is 4.30. The highest BCUT2D eigenvalue weighted by Crippen LogP contribution is 2.10. The average Bonchev–Trinajstić information content (AvgIpc) is 3.01. The van der Waals surface area contributed by atoms with E-state index in [4.69, 9.17) is 0 Å². The number of aryl methyl sites for hydroxylation is 1. The zero-order valence-corrected chi connectivity index (χ0v) is 11.6. The summed E-state index contributed by atoms with van der Waals surface area (Å²) in [5, 5.41) is 7.73. The first kappa shape index (κ1) is 13.5. The first-order valence-corrected chi connectivity index (χ1v) is 7.12. The highest BCUT2D eigenvalue weighted by atomic mass is 15.3. The van der Waals surface area contributed by atoms with Crippen molar-refractivity contribution in [1.82, 2.24) is 25.0 Å². The standard InChI is InChI=1S/C13H25N5/c1-3-6-18-13(15-11-16-18)10-14-9-12(2)17-7-4-5-8-17/h11-12,14H,3-10H2,1-2H3. The van der Waals surface area contributed by atoms with Gasteiger partial charge < -0.3 is 5.32 Å². The number of aromatic nitrogens is 3. The summed E-state index contributed by atoms with van der Waals surface area (Å²) in [4.78, 5) is 6.86. The van der Waals surface area contributed by atoms with E-state index in [1.54, 1.807) is 6.33 Å². The lowest BCUT2D eigenvalue weighted by atomic mass is 10.3. The molecule has 1 aromatic heterocycles.